The Kier molecular flexibility index (Phi) is 3.27. The summed E-state index contributed by atoms with van der Waals surface area (Å²) in [4.78, 5) is 10.9. The molecular weight excluding hydrogens is 170 g/mol. The van der Waals surface area contributed by atoms with Crippen LogP contribution in [0.15, 0.2) is 0 Å². The van der Waals surface area contributed by atoms with Crippen molar-refractivity contribution >= 4 is 5.91 Å². The molecule has 1 aliphatic rings. The lowest BCUT2D eigenvalue weighted by molar-refractivity contribution is -0.139. The predicted octanol–water partition coefficient (Wildman–Crippen LogP) is 0.664. The SMILES string of the molecule is CCC(=O)NCC1COC(C)(C)O1. The first-order valence-corrected chi connectivity index (χ1v) is 4.62. The number of hydrogen-bond acceptors (Lipinski definition) is 3. The van der Waals surface area contributed by atoms with Gasteiger partial charge < -0.3 is 14.8 Å². The van der Waals surface area contributed by atoms with Gasteiger partial charge in [0.15, 0.2) is 5.79 Å². The average Bonchev–Trinajstić information content (AvgIpc) is 2.41. The summed E-state index contributed by atoms with van der Waals surface area (Å²) in [7, 11) is 0. The molecule has 1 fully saturated rings. The molecule has 1 N–H and O–H groups in total. The highest BCUT2D eigenvalue weighted by atomic mass is 16.7. The van der Waals surface area contributed by atoms with Crippen LogP contribution >= 0.6 is 0 Å². The number of carbonyl (C=O) groups excluding carboxylic acids is 1. The van der Waals surface area contributed by atoms with E-state index in [2.05, 4.69) is 5.32 Å². The van der Waals surface area contributed by atoms with Gasteiger partial charge in [-0.15, -0.1) is 0 Å². The summed E-state index contributed by atoms with van der Waals surface area (Å²) in [5.74, 6) is -0.449. The molecule has 1 heterocycles. The first kappa shape index (κ1) is 10.5. The van der Waals surface area contributed by atoms with E-state index in [1.165, 1.54) is 0 Å². The Bertz CT molecular complexity index is 191. The first-order valence-electron chi connectivity index (χ1n) is 4.62. The minimum Gasteiger partial charge on any atom is -0.353 e. The van der Waals surface area contributed by atoms with Gasteiger partial charge in [0.25, 0.3) is 0 Å². The van der Waals surface area contributed by atoms with E-state index in [4.69, 9.17) is 9.47 Å². The van der Waals surface area contributed by atoms with E-state index in [1.807, 2.05) is 20.8 Å². The summed E-state index contributed by atoms with van der Waals surface area (Å²) in [6, 6.07) is 0. The van der Waals surface area contributed by atoms with Gasteiger partial charge >= 0.3 is 0 Å². The van der Waals surface area contributed by atoms with Crippen LogP contribution in [0.1, 0.15) is 27.2 Å². The molecule has 1 rings (SSSR count). The smallest absolute Gasteiger partial charge is 0.219 e. The van der Waals surface area contributed by atoms with Gasteiger partial charge in [0.2, 0.25) is 5.91 Å². The minimum atomic E-state index is -0.498. The summed E-state index contributed by atoms with van der Waals surface area (Å²) in [5, 5.41) is 2.77. The van der Waals surface area contributed by atoms with Crippen molar-refractivity contribution in [2.45, 2.75) is 39.1 Å². The van der Waals surface area contributed by atoms with Crippen molar-refractivity contribution in [2.24, 2.45) is 0 Å². The number of rotatable bonds is 3. The van der Waals surface area contributed by atoms with Gasteiger partial charge in [-0.25, -0.2) is 0 Å². The van der Waals surface area contributed by atoms with Gasteiger partial charge in [-0.1, -0.05) is 6.92 Å². The molecule has 13 heavy (non-hydrogen) atoms. The maximum absolute atomic E-state index is 10.9. The van der Waals surface area contributed by atoms with E-state index in [-0.39, 0.29) is 12.0 Å². The van der Waals surface area contributed by atoms with Crippen LogP contribution in [0.3, 0.4) is 0 Å². The lowest BCUT2D eigenvalue weighted by Crippen LogP contribution is -2.33. The van der Waals surface area contributed by atoms with Gasteiger partial charge in [-0.2, -0.15) is 0 Å². The number of amides is 1. The number of hydrogen-bond donors (Lipinski definition) is 1. The molecule has 4 nitrogen and oxygen atoms in total. The zero-order valence-electron chi connectivity index (χ0n) is 8.42. The molecule has 76 valence electrons. The Morgan fingerprint density at radius 2 is 2.31 bits per heavy atom. The highest BCUT2D eigenvalue weighted by molar-refractivity contribution is 5.75. The molecule has 1 aliphatic heterocycles. The molecule has 1 atom stereocenters. The molecule has 0 aliphatic carbocycles. The summed E-state index contributed by atoms with van der Waals surface area (Å²) in [5.41, 5.74) is 0. The van der Waals surface area contributed by atoms with Gasteiger partial charge in [-0.05, 0) is 13.8 Å². The highest BCUT2D eigenvalue weighted by Crippen LogP contribution is 2.21. The van der Waals surface area contributed by atoms with Crippen LogP contribution in [-0.2, 0) is 14.3 Å². The molecule has 1 unspecified atom stereocenters. The molecule has 0 aromatic carbocycles. The Morgan fingerprint density at radius 3 is 2.77 bits per heavy atom. The molecule has 0 radical (unpaired) electrons. The summed E-state index contributed by atoms with van der Waals surface area (Å²) in [6.07, 6.45) is 0.502. The third-order valence-electron chi connectivity index (χ3n) is 1.92. The predicted molar refractivity (Wildman–Crippen MR) is 48.2 cm³/mol. The van der Waals surface area contributed by atoms with Crippen LogP contribution < -0.4 is 5.32 Å². The normalized spacial score (nSPS) is 25.9. The fourth-order valence-electron chi connectivity index (χ4n) is 1.22. The largest absolute Gasteiger partial charge is 0.353 e. The number of carbonyl (C=O) groups is 1. The second-order valence-electron chi connectivity index (χ2n) is 3.61. The van der Waals surface area contributed by atoms with Crippen molar-refractivity contribution in [2.75, 3.05) is 13.2 Å². The zero-order valence-corrected chi connectivity index (χ0v) is 8.42. The maximum Gasteiger partial charge on any atom is 0.219 e. The Labute approximate surface area is 78.6 Å². The molecule has 0 saturated carbocycles. The monoisotopic (exact) mass is 187 g/mol. The van der Waals surface area contributed by atoms with Crippen molar-refractivity contribution in [3.63, 3.8) is 0 Å². The fraction of sp³-hybridized carbons (Fsp3) is 0.889. The van der Waals surface area contributed by atoms with E-state index < -0.39 is 5.79 Å². The van der Waals surface area contributed by atoms with Gasteiger partial charge in [0, 0.05) is 13.0 Å². The summed E-state index contributed by atoms with van der Waals surface area (Å²) in [6.45, 7) is 6.65. The van der Waals surface area contributed by atoms with Crippen molar-refractivity contribution in [3.8, 4) is 0 Å². The van der Waals surface area contributed by atoms with Crippen molar-refractivity contribution < 1.29 is 14.3 Å². The average molecular weight is 187 g/mol. The van der Waals surface area contributed by atoms with E-state index in [9.17, 15) is 4.79 Å². The lowest BCUT2D eigenvalue weighted by Gasteiger charge is -2.17. The Hall–Kier alpha value is -0.610. The molecular formula is C9H17NO3. The van der Waals surface area contributed by atoms with Crippen LogP contribution in [0.25, 0.3) is 0 Å². The van der Waals surface area contributed by atoms with Crippen LogP contribution in [0.4, 0.5) is 0 Å². The molecule has 4 heteroatoms. The molecule has 0 aromatic rings. The van der Waals surface area contributed by atoms with Gasteiger partial charge in [-0.3, -0.25) is 4.79 Å². The van der Waals surface area contributed by atoms with E-state index in [0.717, 1.165) is 0 Å². The summed E-state index contributed by atoms with van der Waals surface area (Å²) >= 11 is 0. The fourth-order valence-corrected chi connectivity index (χ4v) is 1.22. The van der Waals surface area contributed by atoms with Crippen molar-refractivity contribution in [1.82, 2.24) is 5.32 Å². The third-order valence-corrected chi connectivity index (χ3v) is 1.92. The maximum atomic E-state index is 10.9. The molecule has 1 amide bonds. The standard InChI is InChI=1S/C9H17NO3/c1-4-8(11)10-5-7-6-12-9(2,3)13-7/h7H,4-6H2,1-3H3,(H,10,11). The quantitative estimate of drug-likeness (QED) is 0.706. The molecule has 0 aromatic heterocycles. The van der Waals surface area contributed by atoms with Crippen LogP contribution in [0, 0.1) is 0 Å². The lowest BCUT2D eigenvalue weighted by atomic mass is 10.3. The highest BCUT2D eigenvalue weighted by Gasteiger charge is 2.32. The second kappa shape index (κ2) is 4.07. The van der Waals surface area contributed by atoms with Crippen LogP contribution in [0.2, 0.25) is 0 Å². The van der Waals surface area contributed by atoms with E-state index >= 15 is 0 Å². The van der Waals surface area contributed by atoms with Crippen molar-refractivity contribution in [1.29, 1.82) is 0 Å². The Morgan fingerprint density at radius 1 is 1.62 bits per heavy atom. The van der Waals surface area contributed by atoms with Crippen molar-refractivity contribution in [3.05, 3.63) is 0 Å². The Balaban J connectivity index is 2.21. The van der Waals surface area contributed by atoms with Crippen LogP contribution in [-0.4, -0.2) is 30.9 Å². The number of nitrogens with one attached hydrogen (secondary N) is 1. The van der Waals surface area contributed by atoms with Gasteiger partial charge in [0.05, 0.1) is 6.61 Å². The topological polar surface area (TPSA) is 47.6 Å². The third kappa shape index (κ3) is 3.32. The zero-order chi connectivity index (χ0) is 9.90. The summed E-state index contributed by atoms with van der Waals surface area (Å²) < 4.78 is 10.9. The van der Waals surface area contributed by atoms with Gasteiger partial charge in [0.1, 0.15) is 6.10 Å². The first-order chi connectivity index (χ1) is 6.03. The van der Waals surface area contributed by atoms with E-state index in [0.29, 0.717) is 19.6 Å². The minimum absolute atomic E-state index is 0.00880. The number of ether oxygens (including phenoxy) is 2. The van der Waals surface area contributed by atoms with E-state index in [1.54, 1.807) is 0 Å². The van der Waals surface area contributed by atoms with Crippen LogP contribution in [0.5, 0.6) is 0 Å². The molecule has 0 spiro atoms. The molecule has 1 saturated heterocycles. The molecule has 0 bridgehead atoms. The second-order valence-corrected chi connectivity index (χ2v) is 3.61.